The molecule has 0 fully saturated rings. The zero-order chi connectivity index (χ0) is 13.6. The van der Waals surface area contributed by atoms with Crippen LogP contribution in [-0.2, 0) is 9.53 Å². The maximum Gasteiger partial charge on any atom is 0.250 e. The fourth-order valence-corrected chi connectivity index (χ4v) is 1.88. The van der Waals surface area contributed by atoms with E-state index in [0.29, 0.717) is 12.8 Å². The van der Waals surface area contributed by atoms with Crippen molar-refractivity contribution in [2.45, 2.75) is 31.6 Å². The highest BCUT2D eigenvalue weighted by Gasteiger charge is 2.36. The van der Waals surface area contributed by atoms with Gasteiger partial charge in [-0.3, -0.25) is 9.69 Å². The highest BCUT2D eigenvalue weighted by atomic mass is 35.5. The van der Waals surface area contributed by atoms with Crippen molar-refractivity contribution < 1.29 is 9.53 Å². The molecule has 0 atom stereocenters. The second-order valence-corrected chi connectivity index (χ2v) is 4.88. The van der Waals surface area contributed by atoms with Crippen molar-refractivity contribution in [3.8, 4) is 0 Å². The van der Waals surface area contributed by atoms with E-state index in [1.807, 2.05) is 44.2 Å². The Labute approximate surface area is 114 Å². The largest absolute Gasteiger partial charge is 0.364 e. The minimum absolute atomic E-state index is 0.109. The number of alkyl halides is 1. The molecule has 0 bridgehead atoms. The summed E-state index contributed by atoms with van der Waals surface area (Å²) in [6.07, 6.45) is 1.19. The lowest BCUT2D eigenvalue weighted by atomic mass is 10.0. The fraction of sp³-hybridized carbons (Fsp3) is 0.500. The molecule has 4 heteroatoms. The minimum atomic E-state index is -0.853. The van der Waals surface area contributed by atoms with Crippen molar-refractivity contribution in [1.29, 1.82) is 0 Å². The maximum atomic E-state index is 12.5. The molecule has 0 heterocycles. The van der Waals surface area contributed by atoms with Crippen LogP contribution in [0.5, 0.6) is 0 Å². The number of para-hydroxylation sites is 1. The summed E-state index contributed by atoms with van der Waals surface area (Å²) < 4.78 is 5.11. The summed E-state index contributed by atoms with van der Waals surface area (Å²) in [4.78, 5) is 13.3. The van der Waals surface area contributed by atoms with Crippen LogP contribution in [0.2, 0.25) is 0 Å². The molecule has 0 unspecified atom stereocenters. The van der Waals surface area contributed by atoms with Crippen LogP contribution in [0.1, 0.15) is 26.7 Å². The Morgan fingerprint density at radius 2 is 1.83 bits per heavy atom. The Bertz CT molecular complexity index is 377. The van der Waals surface area contributed by atoms with E-state index in [1.165, 1.54) is 0 Å². The Balaban J connectivity index is 3.03. The number of methoxy groups -OCH3 is 1. The van der Waals surface area contributed by atoms with Crippen LogP contribution < -0.4 is 4.90 Å². The number of ether oxygens (including phenoxy) is 1. The Morgan fingerprint density at radius 3 is 2.28 bits per heavy atom. The molecular weight excluding hydrogens is 250 g/mol. The number of carbonyl (C=O) groups excluding carboxylic acids is 1. The smallest absolute Gasteiger partial charge is 0.250 e. The number of nitrogens with zero attached hydrogens (tertiary/aromatic N) is 1. The summed E-state index contributed by atoms with van der Waals surface area (Å²) >= 11 is 6.39. The summed E-state index contributed by atoms with van der Waals surface area (Å²) in [7, 11) is 1.57. The third kappa shape index (κ3) is 3.24. The molecule has 0 N–H and O–H groups in total. The molecule has 3 nitrogen and oxygen atoms in total. The van der Waals surface area contributed by atoms with Gasteiger partial charge in [0, 0.05) is 12.8 Å². The number of hydrogen-bond acceptors (Lipinski definition) is 2. The van der Waals surface area contributed by atoms with Gasteiger partial charge >= 0.3 is 0 Å². The first kappa shape index (κ1) is 15.0. The van der Waals surface area contributed by atoms with Gasteiger partial charge in [-0.05, 0) is 25.0 Å². The Hall–Kier alpha value is -1.06. The monoisotopic (exact) mass is 269 g/mol. The van der Waals surface area contributed by atoms with Crippen LogP contribution >= 0.6 is 11.6 Å². The summed E-state index contributed by atoms with van der Waals surface area (Å²) in [5.74, 6) is -0.109. The second-order valence-electron chi connectivity index (χ2n) is 4.16. The van der Waals surface area contributed by atoms with Crippen molar-refractivity contribution >= 4 is 23.2 Å². The number of amides is 1. The normalized spacial score (nSPS) is 11.3. The molecule has 0 aliphatic heterocycles. The average molecular weight is 270 g/mol. The molecule has 0 aliphatic rings. The number of hydrogen-bond donors (Lipinski definition) is 0. The summed E-state index contributed by atoms with van der Waals surface area (Å²) in [5, 5.41) is 0. The molecule has 0 saturated carbocycles. The molecule has 0 saturated heterocycles. The number of anilines is 1. The first-order valence-electron chi connectivity index (χ1n) is 6.14. The second kappa shape index (κ2) is 6.76. The van der Waals surface area contributed by atoms with E-state index >= 15 is 0 Å². The van der Waals surface area contributed by atoms with E-state index in [9.17, 15) is 4.79 Å². The summed E-state index contributed by atoms with van der Waals surface area (Å²) in [5.41, 5.74) is 0.802. The molecule has 100 valence electrons. The van der Waals surface area contributed by atoms with Crippen molar-refractivity contribution in [3.05, 3.63) is 30.3 Å². The predicted octanol–water partition coefficient (Wildman–Crippen LogP) is 3.42. The third-order valence-electron chi connectivity index (χ3n) is 3.08. The van der Waals surface area contributed by atoms with E-state index in [2.05, 4.69) is 0 Å². The fourth-order valence-electron chi connectivity index (χ4n) is 1.78. The molecule has 1 aromatic carbocycles. The van der Waals surface area contributed by atoms with Gasteiger partial charge in [-0.1, -0.05) is 32.0 Å². The standard InChI is InChI=1S/C14H20ClNO2/c1-4-14(15,5-2)13(17)16(11-18-3)12-9-7-6-8-10-12/h6-10H,4-5,11H2,1-3H3. The van der Waals surface area contributed by atoms with Crippen LogP contribution in [0, 0.1) is 0 Å². The van der Waals surface area contributed by atoms with Gasteiger partial charge in [0.05, 0.1) is 0 Å². The van der Waals surface area contributed by atoms with Gasteiger partial charge in [0.15, 0.2) is 0 Å². The first-order valence-corrected chi connectivity index (χ1v) is 6.51. The molecule has 18 heavy (non-hydrogen) atoms. The number of halogens is 1. The SMILES string of the molecule is CCC(Cl)(CC)C(=O)N(COC)c1ccccc1. The predicted molar refractivity (Wildman–Crippen MR) is 75.0 cm³/mol. The highest BCUT2D eigenvalue weighted by Crippen LogP contribution is 2.29. The van der Waals surface area contributed by atoms with Crippen LogP contribution in [0.25, 0.3) is 0 Å². The van der Waals surface area contributed by atoms with E-state index in [4.69, 9.17) is 16.3 Å². The molecule has 0 aromatic heterocycles. The van der Waals surface area contributed by atoms with Gasteiger partial charge in [0.1, 0.15) is 11.6 Å². The van der Waals surface area contributed by atoms with Crippen LogP contribution in [0.15, 0.2) is 30.3 Å². The summed E-state index contributed by atoms with van der Waals surface area (Å²) in [6, 6.07) is 9.43. The third-order valence-corrected chi connectivity index (χ3v) is 3.77. The van der Waals surface area contributed by atoms with Crippen LogP contribution in [0.3, 0.4) is 0 Å². The number of rotatable bonds is 6. The van der Waals surface area contributed by atoms with Crippen molar-refractivity contribution in [2.24, 2.45) is 0 Å². The lowest BCUT2D eigenvalue weighted by Gasteiger charge is -2.31. The zero-order valence-electron chi connectivity index (χ0n) is 11.1. The number of carbonyl (C=O) groups is 1. The Kier molecular flexibility index (Phi) is 5.63. The molecule has 0 spiro atoms. The first-order chi connectivity index (χ1) is 8.59. The maximum absolute atomic E-state index is 12.5. The molecular formula is C14H20ClNO2. The lowest BCUT2D eigenvalue weighted by Crippen LogP contribution is -2.46. The topological polar surface area (TPSA) is 29.5 Å². The lowest BCUT2D eigenvalue weighted by molar-refractivity contribution is -0.122. The van der Waals surface area contributed by atoms with Crippen molar-refractivity contribution in [1.82, 2.24) is 0 Å². The average Bonchev–Trinajstić information content (AvgIpc) is 2.44. The van der Waals surface area contributed by atoms with Gasteiger partial charge in [-0.15, -0.1) is 11.6 Å². The summed E-state index contributed by atoms with van der Waals surface area (Å²) in [6.45, 7) is 4.05. The molecule has 0 aliphatic carbocycles. The van der Waals surface area contributed by atoms with Gasteiger partial charge in [-0.25, -0.2) is 0 Å². The molecule has 1 amide bonds. The molecule has 1 aromatic rings. The van der Waals surface area contributed by atoms with Crippen LogP contribution in [0.4, 0.5) is 5.69 Å². The van der Waals surface area contributed by atoms with E-state index in [1.54, 1.807) is 12.0 Å². The number of benzene rings is 1. The molecule has 0 radical (unpaired) electrons. The van der Waals surface area contributed by atoms with E-state index in [0.717, 1.165) is 5.69 Å². The van der Waals surface area contributed by atoms with Gasteiger partial charge in [-0.2, -0.15) is 0 Å². The highest BCUT2D eigenvalue weighted by molar-refractivity contribution is 6.36. The van der Waals surface area contributed by atoms with Crippen molar-refractivity contribution in [3.63, 3.8) is 0 Å². The molecule has 1 rings (SSSR count). The van der Waals surface area contributed by atoms with Gasteiger partial charge in [0.25, 0.3) is 0 Å². The zero-order valence-corrected chi connectivity index (χ0v) is 11.9. The quantitative estimate of drug-likeness (QED) is 0.585. The van der Waals surface area contributed by atoms with E-state index < -0.39 is 4.87 Å². The Morgan fingerprint density at radius 1 is 1.28 bits per heavy atom. The van der Waals surface area contributed by atoms with Crippen LogP contribution in [-0.4, -0.2) is 24.6 Å². The van der Waals surface area contributed by atoms with Gasteiger partial charge in [0.2, 0.25) is 5.91 Å². The van der Waals surface area contributed by atoms with E-state index in [-0.39, 0.29) is 12.6 Å². The minimum Gasteiger partial charge on any atom is -0.364 e. The van der Waals surface area contributed by atoms with Gasteiger partial charge < -0.3 is 4.74 Å². The van der Waals surface area contributed by atoms with Crippen molar-refractivity contribution in [2.75, 3.05) is 18.7 Å².